The Labute approximate surface area is 67.9 Å². The van der Waals surface area contributed by atoms with Gasteiger partial charge in [0.15, 0.2) is 0 Å². The fourth-order valence-electron chi connectivity index (χ4n) is 0.283. The highest BCUT2D eigenvalue weighted by Crippen LogP contribution is 1.97. The normalized spacial score (nSPS) is 13.9. The van der Waals surface area contributed by atoms with Crippen LogP contribution in [0.15, 0.2) is 17.0 Å². The fourth-order valence-corrected chi connectivity index (χ4v) is 0.283. The van der Waals surface area contributed by atoms with E-state index in [9.17, 15) is 0 Å². The quantitative estimate of drug-likeness (QED) is 0.293. The molecule has 0 atom stereocenters. The molecule has 0 fully saturated rings. The van der Waals surface area contributed by atoms with Crippen molar-refractivity contribution in [3.63, 3.8) is 0 Å². The number of hydrogen-bond donors (Lipinski definition) is 1. The summed E-state index contributed by atoms with van der Waals surface area (Å²) in [5.41, 5.74) is 5.52. The zero-order valence-electron chi connectivity index (χ0n) is 7.59. The van der Waals surface area contributed by atoms with E-state index in [1.165, 1.54) is 0 Å². The third-order valence-electron chi connectivity index (χ3n) is 1.29. The molecule has 11 heavy (non-hydrogen) atoms. The lowest BCUT2D eigenvalue weighted by Gasteiger charge is -2.02. The predicted octanol–water partition coefficient (Wildman–Crippen LogP) is 1.85. The Bertz CT molecular complexity index is 171. The molecule has 0 aliphatic carbocycles. The van der Waals surface area contributed by atoms with E-state index < -0.39 is 0 Å². The van der Waals surface area contributed by atoms with Crippen molar-refractivity contribution in [1.29, 1.82) is 0 Å². The van der Waals surface area contributed by atoms with Crippen LogP contribution in [0.4, 0.5) is 0 Å². The van der Waals surface area contributed by atoms with Crippen LogP contribution < -0.4 is 5.73 Å². The summed E-state index contributed by atoms with van der Waals surface area (Å²) in [4.78, 5) is 4.94. The Balaban J connectivity index is 3.92. The molecule has 0 saturated heterocycles. The molecule has 0 aromatic rings. The molecule has 0 bridgehead atoms. The van der Waals surface area contributed by atoms with Gasteiger partial charge in [0.1, 0.15) is 11.6 Å². The van der Waals surface area contributed by atoms with Crippen molar-refractivity contribution in [1.82, 2.24) is 0 Å². The molecule has 0 heterocycles. The van der Waals surface area contributed by atoms with Crippen molar-refractivity contribution in [2.45, 2.75) is 27.7 Å². The minimum Gasteiger partial charge on any atom is -0.384 e. The van der Waals surface area contributed by atoms with Crippen LogP contribution in [0.25, 0.3) is 0 Å². The molecule has 0 unspecified atom stereocenters. The molecule has 0 radical (unpaired) electrons. The second-order valence-corrected chi connectivity index (χ2v) is 2.66. The zero-order chi connectivity index (χ0) is 8.85. The van der Waals surface area contributed by atoms with Gasteiger partial charge in [0.05, 0.1) is 0 Å². The Morgan fingerprint density at radius 1 is 1.55 bits per heavy atom. The van der Waals surface area contributed by atoms with Gasteiger partial charge in [-0.15, -0.1) is 0 Å². The van der Waals surface area contributed by atoms with Crippen LogP contribution in [0, 0.1) is 5.92 Å². The summed E-state index contributed by atoms with van der Waals surface area (Å²) < 4.78 is 0. The van der Waals surface area contributed by atoms with E-state index in [0.717, 1.165) is 5.76 Å². The van der Waals surface area contributed by atoms with Gasteiger partial charge in [-0.3, -0.25) is 0 Å². The van der Waals surface area contributed by atoms with Gasteiger partial charge in [-0.25, -0.2) is 0 Å². The van der Waals surface area contributed by atoms with Crippen LogP contribution in [-0.4, -0.2) is 5.84 Å². The third kappa shape index (κ3) is 4.42. The highest BCUT2D eigenvalue weighted by atomic mass is 16.6. The summed E-state index contributed by atoms with van der Waals surface area (Å²) >= 11 is 0. The largest absolute Gasteiger partial charge is 0.384 e. The van der Waals surface area contributed by atoms with Crippen LogP contribution in [0.5, 0.6) is 0 Å². The lowest BCUT2D eigenvalue weighted by atomic mass is 10.2. The number of allylic oxidation sites excluding steroid dienone is 2. The molecule has 0 rings (SSSR count). The summed E-state index contributed by atoms with van der Waals surface area (Å²) in [5, 5.41) is 3.72. The Hall–Kier alpha value is -0.990. The van der Waals surface area contributed by atoms with Gasteiger partial charge in [-0.1, -0.05) is 19.0 Å². The topological polar surface area (TPSA) is 47.6 Å². The van der Waals surface area contributed by atoms with Crippen molar-refractivity contribution in [3.8, 4) is 0 Å². The van der Waals surface area contributed by atoms with Gasteiger partial charge >= 0.3 is 0 Å². The molecule has 3 nitrogen and oxygen atoms in total. The second-order valence-electron chi connectivity index (χ2n) is 2.66. The van der Waals surface area contributed by atoms with E-state index in [1.54, 1.807) is 0 Å². The van der Waals surface area contributed by atoms with E-state index in [-0.39, 0.29) is 5.92 Å². The van der Waals surface area contributed by atoms with Gasteiger partial charge in [-0.2, -0.15) is 0 Å². The van der Waals surface area contributed by atoms with Gasteiger partial charge in [0, 0.05) is 5.92 Å². The highest BCUT2D eigenvalue weighted by molar-refractivity contribution is 5.81. The van der Waals surface area contributed by atoms with Crippen LogP contribution in [0.2, 0.25) is 0 Å². The Morgan fingerprint density at radius 2 is 2.09 bits per heavy atom. The first-order valence-electron chi connectivity index (χ1n) is 3.71. The van der Waals surface area contributed by atoms with E-state index in [2.05, 4.69) is 5.16 Å². The summed E-state index contributed by atoms with van der Waals surface area (Å²) in [6.45, 7) is 7.65. The molecule has 64 valence electrons. The molecule has 0 aliphatic rings. The predicted molar refractivity (Wildman–Crippen MR) is 47.0 cm³/mol. The number of nitrogens with two attached hydrogens (primary N) is 1. The SMILES string of the molecule is C/C=C(/C)O/N=C(\N)C(C)C. The molecule has 2 N–H and O–H groups in total. The number of amidine groups is 1. The first kappa shape index (κ1) is 10.0. The summed E-state index contributed by atoms with van der Waals surface area (Å²) in [7, 11) is 0. The summed E-state index contributed by atoms with van der Waals surface area (Å²) in [6, 6.07) is 0. The molecular weight excluding hydrogens is 140 g/mol. The number of hydrogen-bond acceptors (Lipinski definition) is 2. The van der Waals surface area contributed by atoms with E-state index in [1.807, 2.05) is 33.8 Å². The highest BCUT2D eigenvalue weighted by Gasteiger charge is 1.98. The van der Waals surface area contributed by atoms with Crippen LogP contribution >= 0.6 is 0 Å². The molecule has 0 spiro atoms. The van der Waals surface area contributed by atoms with Gasteiger partial charge in [0.25, 0.3) is 0 Å². The maximum Gasteiger partial charge on any atom is 0.142 e. The number of nitrogens with zero attached hydrogens (tertiary/aromatic N) is 1. The maximum absolute atomic E-state index is 5.52. The summed E-state index contributed by atoms with van der Waals surface area (Å²) in [5.74, 6) is 1.51. The molecular formula is C8H16N2O. The minimum absolute atomic E-state index is 0.236. The average molecular weight is 156 g/mol. The molecule has 3 heteroatoms. The van der Waals surface area contributed by atoms with Crippen molar-refractivity contribution in [2.24, 2.45) is 16.8 Å². The van der Waals surface area contributed by atoms with E-state index in [4.69, 9.17) is 10.6 Å². The van der Waals surface area contributed by atoms with Crippen molar-refractivity contribution in [3.05, 3.63) is 11.8 Å². The standard InChI is InChI=1S/C8H16N2O/c1-5-7(4)11-10-8(9)6(2)3/h5-6H,1-4H3,(H2,9,10)/b7-5-. The van der Waals surface area contributed by atoms with Gasteiger partial charge in [-0.05, 0) is 19.9 Å². The molecule has 0 aliphatic heterocycles. The first-order valence-corrected chi connectivity index (χ1v) is 3.71. The molecule has 0 amide bonds. The van der Waals surface area contributed by atoms with Gasteiger partial charge in [0.2, 0.25) is 0 Å². The average Bonchev–Trinajstić information content (AvgIpc) is 1.99. The van der Waals surface area contributed by atoms with Crippen molar-refractivity contribution >= 4 is 5.84 Å². The van der Waals surface area contributed by atoms with Crippen molar-refractivity contribution < 1.29 is 4.84 Å². The maximum atomic E-state index is 5.52. The molecule has 0 aromatic carbocycles. The van der Waals surface area contributed by atoms with Crippen LogP contribution in [0.3, 0.4) is 0 Å². The Kier molecular flexibility index (Phi) is 4.34. The van der Waals surface area contributed by atoms with Gasteiger partial charge < -0.3 is 10.6 Å². The minimum atomic E-state index is 0.236. The number of rotatable bonds is 3. The van der Waals surface area contributed by atoms with Crippen LogP contribution in [0.1, 0.15) is 27.7 Å². The van der Waals surface area contributed by atoms with E-state index >= 15 is 0 Å². The van der Waals surface area contributed by atoms with Crippen molar-refractivity contribution in [2.75, 3.05) is 0 Å². The van der Waals surface area contributed by atoms with Crippen LogP contribution in [-0.2, 0) is 4.84 Å². The Morgan fingerprint density at radius 3 is 2.45 bits per heavy atom. The second kappa shape index (κ2) is 4.77. The van der Waals surface area contributed by atoms with E-state index in [0.29, 0.717) is 5.84 Å². The zero-order valence-corrected chi connectivity index (χ0v) is 7.59. The first-order chi connectivity index (χ1) is 5.07. The molecule has 0 aromatic heterocycles. The third-order valence-corrected chi connectivity index (χ3v) is 1.29. The molecule has 0 saturated carbocycles. The lowest BCUT2D eigenvalue weighted by Crippen LogP contribution is -2.18. The smallest absolute Gasteiger partial charge is 0.142 e. The summed E-state index contributed by atoms with van der Waals surface area (Å²) in [6.07, 6.45) is 1.83. The monoisotopic (exact) mass is 156 g/mol. The number of oxime groups is 1. The lowest BCUT2D eigenvalue weighted by molar-refractivity contribution is 0.226. The fraction of sp³-hybridized carbons (Fsp3) is 0.625.